The van der Waals surface area contributed by atoms with E-state index in [4.69, 9.17) is 5.73 Å². The molecule has 0 aromatic rings. The maximum atomic E-state index is 10.4. The van der Waals surface area contributed by atoms with Gasteiger partial charge in [-0.2, -0.15) is 0 Å². The van der Waals surface area contributed by atoms with Crippen molar-refractivity contribution in [1.29, 1.82) is 0 Å². The van der Waals surface area contributed by atoms with Crippen LogP contribution in [0.15, 0.2) is 0 Å². The average molecular weight is 391 g/mol. The molecule has 26 heavy (non-hydrogen) atoms. The van der Waals surface area contributed by atoms with Crippen molar-refractivity contribution in [2.24, 2.45) is 5.73 Å². The molecule has 144 valence electrons. The van der Waals surface area contributed by atoms with Gasteiger partial charge in [0.25, 0.3) is 0 Å². The summed E-state index contributed by atoms with van der Waals surface area (Å²) in [5, 5.41) is 18.5. The second kappa shape index (κ2) is 33.0. The van der Waals surface area contributed by atoms with Gasteiger partial charge in [-0.3, -0.25) is 4.79 Å². The van der Waals surface area contributed by atoms with Crippen molar-refractivity contribution in [2.75, 3.05) is 0 Å². The molecular weight excluding hydrogens is 356 g/mol. The first kappa shape index (κ1) is 37.2. The zero-order valence-corrected chi connectivity index (χ0v) is 21.6. The van der Waals surface area contributed by atoms with Crippen molar-refractivity contribution in [1.82, 2.24) is 0 Å². The number of carboxylic acids is 2. The van der Waals surface area contributed by atoms with E-state index in [0.29, 0.717) is 6.42 Å². The van der Waals surface area contributed by atoms with Crippen molar-refractivity contribution in [2.45, 2.75) is 97.8 Å². The largest absolute Gasteiger partial charge is 1.00 e. The van der Waals surface area contributed by atoms with E-state index in [0.717, 1.165) is 12.8 Å². The van der Waals surface area contributed by atoms with Crippen LogP contribution in [0, 0.1) is 0 Å². The predicted octanol–water partition coefficient (Wildman–Crippen LogP) is -4.31. The maximum Gasteiger partial charge on any atom is 1.00 e. The maximum absolute atomic E-state index is 10.4. The van der Waals surface area contributed by atoms with Crippen molar-refractivity contribution in [3.8, 4) is 0 Å². The molecule has 0 saturated carbocycles. The van der Waals surface area contributed by atoms with Crippen LogP contribution < -0.4 is 75.1 Å². The predicted molar refractivity (Wildman–Crippen MR) is 91.6 cm³/mol. The molecule has 1 amide bonds. The van der Waals surface area contributed by atoms with Gasteiger partial charge in [-0.1, -0.05) is 72.1 Å². The number of rotatable bonds is 12. The van der Waals surface area contributed by atoms with Crippen molar-refractivity contribution in [3.05, 3.63) is 0 Å². The van der Waals surface area contributed by atoms with Gasteiger partial charge in [0.15, 0.2) is 0 Å². The van der Waals surface area contributed by atoms with Crippen LogP contribution in [0.5, 0.6) is 0 Å². The smallest absolute Gasteiger partial charge is 0.550 e. The van der Waals surface area contributed by atoms with Gasteiger partial charge in [0.1, 0.15) is 0 Å². The number of hydrogen-bond donors (Lipinski definition) is 1. The number of carbonyl (C=O) groups is 3. The molecular formula is C18H35NNa2O5. The number of aliphatic carboxylic acids is 2. The summed E-state index contributed by atoms with van der Waals surface area (Å²) in [7, 11) is 0. The molecule has 0 aliphatic heterocycles. The molecule has 8 heteroatoms. The van der Waals surface area contributed by atoms with Crippen molar-refractivity contribution >= 4 is 17.8 Å². The Labute approximate surface area is 203 Å². The van der Waals surface area contributed by atoms with E-state index in [-0.39, 0.29) is 77.9 Å². The summed E-state index contributed by atoms with van der Waals surface area (Å²) in [6, 6.07) is 0. The summed E-state index contributed by atoms with van der Waals surface area (Å²) in [6.07, 6.45) is 12.3. The molecule has 2 N–H and O–H groups in total. The van der Waals surface area contributed by atoms with Gasteiger partial charge in [0, 0.05) is 18.4 Å². The molecule has 6 nitrogen and oxygen atoms in total. The van der Waals surface area contributed by atoms with Crippen LogP contribution in [0.3, 0.4) is 0 Å². The molecule has 0 rings (SSSR count). The first-order chi connectivity index (χ1) is 11.3. The summed E-state index contributed by atoms with van der Waals surface area (Å²) in [6.45, 7) is 5.31. The van der Waals surface area contributed by atoms with Gasteiger partial charge in [0.2, 0.25) is 5.91 Å². The van der Waals surface area contributed by atoms with Crippen LogP contribution in [-0.4, -0.2) is 17.8 Å². The fourth-order valence-electron chi connectivity index (χ4n) is 1.61. The van der Waals surface area contributed by atoms with E-state index in [2.05, 4.69) is 6.92 Å². The monoisotopic (exact) mass is 391 g/mol. The second-order valence-electron chi connectivity index (χ2n) is 5.50. The molecule has 0 spiro atoms. The second-order valence-corrected chi connectivity index (χ2v) is 5.50. The molecule has 0 atom stereocenters. The minimum atomic E-state index is -0.995. The molecule has 0 fully saturated rings. The molecule has 0 unspecified atom stereocenters. The normalized spacial score (nSPS) is 8.42. The number of primary amides is 1. The van der Waals surface area contributed by atoms with Crippen molar-refractivity contribution in [3.63, 3.8) is 0 Å². The van der Waals surface area contributed by atoms with Gasteiger partial charge in [-0.15, -0.1) is 0 Å². The molecule has 0 radical (unpaired) electrons. The molecule has 0 aliphatic carbocycles. The first-order valence-electron chi connectivity index (χ1n) is 8.99. The molecule has 0 bridgehead atoms. The number of nitrogens with two attached hydrogens (primary N) is 1. The Balaban J connectivity index is -0.000000102. The number of unbranched alkanes of at least 4 members (excludes halogenated alkanes) is 8. The number of hydrogen-bond acceptors (Lipinski definition) is 5. The van der Waals surface area contributed by atoms with Crippen LogP contribution in [0.4, 0.5) is 0 Å². The SMILES string of the molecule is CCC(=O)[O-].CCC(=O)[O-].CCCCCCCCCCCC(N)=O.[Na+].[Na+]. The zero-order valence-electron chi connectivity index (χ0n) is 17.6. The standard InChI is InChI=1S/C12H25NO.2C3H6O2.2Na/c1-2-3-4-5-6-7-8-9-10-11-12(13)14;2*1-2-3(4)5;;/h2-11H2,1H3,(H2,13,14);2*2H2,1H3,(H,4,5);;/q;;;2*+1/p-2. The van der Waals surface area contributed by atoms with Gasteiger partial charge >= 0.3 is 59.1 Å². The number of amides is 1. The summed E-state index contributed by atoms with van der Waals surface area (Å²) in [5.74, 6) is -2.15. The van der Waals surface area contributed by atoms with E-state index >= 15 is 0 Å². The van der Waals surface area contributed by atoms with E-state index < -0.39 is 11.9 Å². The van der Waals surface area contributed by atoms with E-state index in [1.54, 1.807) is 0 Å². The third-order valence-corrected chi connectivity index (χ3v) is 3.10. The minimum absolute atomic E-state index is 0. The van der Waals surface area contributed by atoms with Gasteiger partial charge in [-0.25, -0.2) is 0 Å². The summed E-state index contributed by atoms with van der Waals surface area (Å²) < 4.78 is 0. The molecule has 0 aliphatic rings. The first-order valence-corrected chi connectivity index (χ1v) is 8.99. The van der Waals surface area contributed by atoms with Crippen LogP contribution in [-0.2, 0) is 14.4 Å². The van der Waals surface area contributed by atoms with Gasteiger partial charge in [-0.05, 0) is 19.3 Å². The average Bonchev–Trinajstić information content (AvgIpc) is 2.54. The molecule has 0 aromatic carbocycles. The zero-order chi connectivity index (χ0) is 19.2. The number of carboxylic acid groups (broad SMARTS) is 2. The van der Waals surface area contributed by atoms with E-state index in [1.165, 1.54) is 58.8 Å². The van der Waals surface area contributed by atoms with Crippen LogP contribution in [0.1, 0.15) is 97.8 Å². The Bertz CT molecular complexity index is 302. The van der Waals surface area contributed by atoms with Crippen LogP contribution >= 0.6 is 0 Å². The Morgan fingerprint density at radius 3 is 1.15 bits per heavy atom. The van der Waals surface area contributed by atoms with Gasteiger partial charge in [0.05, 0.1) is 0 Å². The van der Waals surface area contributed by atoms with E-state index in [9.17, 15) is 24.6 Å². The van der Waals surface area contributed by atoms with Gasteiger partial charge < -0.3 is 25.5 Å². The molecule has 0 heterocycles. The topological polar surface area (TPSA) is 123 Å². The van der Waals surface area contributed by atoms with Crippen molar-refractivity contribution < 1.29 is 83.7 Å². The molecule has 0 aromatic heterocycles. The Hall–Kier alpha value is 0.410. The summed E-state index contributed by atoms with van der Waals surface area (Å²) in [4.78, 5) is 28.9. The Kier molecular flexibility index (Phi) is 47.3. The molecule has 0 saturated heterocycles. The third-order valence-electron chi connectivity index (χ3n) is 3.10. The Morgan fingerprint density at radius 2 is 0.923 bits per heavy atom. The Morgan fingerprint density at radius 1 is 0.654 bits per heavy atom. The third kappa shape index (κ3) is 56.3. The fraction of sp³-hybridized carbons (Fsp3) is 0.833. The van der Waals surface area contributed by atoms with Crippen LogP contribution in [0.25, 0.3) is 0 Å². The fourth-order valence-corrected chi connectivity index (χ4v) is 1.61. The van der Waals surface area contributed by atoms with Crippen LogP contribution in [0.2, 0.25) is 0 Å². The minimum Gasteiger partial charge on any atom is -0.550 e. The summed E-state index contributed by atoms with van der Waals surface area (Å²) in [5.41, 5.74) is 5.05. The summed E-state index contributed by atoms with van der Waals surface area (Å²) >= 11 is 0. The quantitative estimate of drug-likeness (QED) is 0.266. The number of carbonyl (C=O) groups excluding carboxylic acids is 3. The van der Waals surface area contributed by atoms with E-state index in [1.807, 2.05) is 0 Å².